The van der Waals surface area contributed by atoms with Crippen molar-refractivity contribution in [2.75, 3.05) is 6.61 Å². The summed E-state index contributed by atoms with van der Waals surface area (Å²) in [5.74, 6) is -0.456. The van der Waals surface area contributed by atoms with Crippen LogP contribution in [-0.2, 0) is 24.1 Å². The van der Waals surface area contributed by atoms with Gasteiger partial charge in [-0.2, -0.15) is 8.42 Å². The molecule has 0 spiro atoms. The Bertz CT molecular complexity index is 379. The molecule has 6 nitrogen and oxygen atoms in total. The number of unbranched alkanes of at least 4 members (excludes halogenated alkanes) is 2. The first-order valence-corrected chi connectivity index (χ1v) is 9.02. The van der Waals surface area contributed by atoms with E-state index in [0.717, 1.165) is 32.1 Å². The van der Waals surface area contributed by atoms with E-state index in [2.05, 4.69) is 11.1 Å². The Kier molecular flexibility index (Phi) is 10.6. The summed E-state index contributed by atoms with van der Waals surface area (Å²) in [6, 6.07) is 0. The molecule has 0 saturated carbocycles. The van der Waals surface area contributed by atoms with Crippen LogP contribution in [0.2, 0.25) is 0 Å². The topological polar surface area (TPSA) is 89.9 Å². The molecule has 2 atom stereocenters. The highest BCUT2D eigenvalue weighted by atomic mass is 32.3. The summed E-state index contributed by atoms with van der Waals surface area (Å²) in [4.78, 5) is 11.9. The number of hydrogen-bond donors (Lipinski definition) is 1. The van der Waals surface area contributed by atoms with Gasteiger partial charge in [-0.05, 0) is 18.8 Å². The Hall–Kier alpha value is -0.660. The first-order valence-electron chi connectivity index (χ1n) is 7.66. The van der Waals surface area contributed by atoms with Gasteiger partial charge in [0.2, 0.25) is 0 Å². The van der Waals surface area contributed by atoms with Crippen molar-refractivity contribution in [2.24, 2.45) is 5.92 Å². The number of rotatable bonds is 12. The van der Waals surface area contributed by atoms with Gasteiger partial charge in [0.25, 0.3) is 0 Å². The minimum atomic E-state index is -4.66. The molecule has 126 valence electrons. The molecule has 0 aromatic heterocycles. The lowest BCUT2D eigenvalue weighted by atomic mass is 10.0. The van der Waals surface area contributed by atoms with Crippen LogP contribution < -0.4 is 0 Å². The van der Waals surface area contributed by atoms with Gasteiger partial charge in [0, 0.05) is 0 Å². The lowest BCUT2D eigenvalue weighted by Gasteiger charge is -2.18. The third kappa shape index (κ3) is 10.7. The maximum atomic E-state index is 11.9. The number of esters is 1. The lowest BCUT2D eigenvalue weighted by molar-refractivity contribution is -0.154. The summed E-state index contributed by atoms with van der Waals surface area (Å²) < 4.78 is 39.8. The van der Waals surface area contributed by atoms with E-state index in [-0.39, 0.29) is 18.9 Å². The summed E-state index contributed by atoms with van der Waals surface area (Å²) in [6.07, 6.45) is 4.36. The fourth-order valence-electron chi connectivity index (χ4n) is 1.93. The van der Waals surface area contributed by atoms with E-state index < -0.39 is 22.5 Å². The van der Waals surface area contributed by atoms with E-state index in [1.54, 1.807) is 0 Å². The van der Waals surface area contributed by atoms with Crippen molar-refractivity contribution in [3.05, 3.63) is 0 Å². The van der Waals surface area contributed by atoms with Crippen LogP contribution in [0.4, 0.5) is 0 Å². The van der Waals surface area contributed by atoms with Crippen molar-refractivity contribution in [2.45, 2.75) is 71.8 Å². The van der Waals surface area contributed by atoms with Crippen LogP contribution in [0.3, 0.4) is 0 Å². The maximum Gasteiger partial charge on any atom is 0.398 e. The van der Waals surface area contributed by atoms with Crippen LogP contribution in [0.5, 0.6) is 0 Å². The molecule has 0 heterocycles. The number of carbonyl (C=O) groups is 1. The summed E-state index contributed by atoms with van der Waals surface area (Å²) in [5.41, 5.74) is 0. The van der Waals surface area contributed by atoms with Gasteiger partial charge < -0.3 is 4.74 Å². The highest BCUT2D eigenvalue weighted by Crippen LogP contribution is 2.15. The second-order valence-corrected chi connectivity index (χ2v) is 6.25. The van der Waals surface area contributed by atoms with E-state index in [1.807, 2.05) is 13.8 Å². The van der Waals surface area contributed by atoms with Crippen LogP contribution in [0.1, 0.15) is 65.7 Å². The molecule has 0 aromatic rings. The molecule has 0 radical (unpaired) electrons. The predicted molar refractivity (Wildman–Crippen MR) is 80.2 cm³/mol. The van der Waals surface area contributed by atoms with E-state index >= 15 is 0 Å². The molecule has 0 saturated heterocycles. The van der Waals surface area contributed by atoms with Crippen molar-refractivity contribution < 1.29 is 26.7 Å². The van der Waals surface area contributed by atoms with Gasteiger partial charge in [-0.15, -0.1) is 0 Å². The van der Waals surface area contributed by atoms with Gasteiger partial charge in [0.05, 0.1) is 6.61 Å². The molecule has 21 heavy (non-hydrogen) atoms. The molecule has 0 aliphatic carbocycles. The summed E-state index contributed by atoms with van der Waals surface area (Å²) >= 11 is 0. The zero-order chi connectivity index (χ0) is 16.3. The van der Waals surface area contributed by atoms with Crippen molar-refractivity contribution >= 4 is 16.4 Å². The normalized spacial score (nSPS) is 14.7. The highest BCUT2D eigenvalue weighted by Gasteiger charge is 2.26. The first-order chi connectivity index (χ1) is 9.84. The third-order valence-electron chi connectivity index (χ3n) is 3.33. The van der Waals surface area contributed by atoms with Gasteiger partial charge in [0.1, 0.15) is 0 Å². The Morgan fingerprint density at radius 1 is 1.10 bits per heavy atom. The predicted octanol–water partition coefficient (Wildman–Crippen LogP) is 3.12. The van der Waals surface area contributed by atoms with Crippen molar-refractivity contribution in [1.82, 2.24) is 0 Å². The average molecular weight is 324 g/mol. The SMILES string of the molecule is CCCCC(CC)COC(=O)C(CCCC)OS(=O)(=O)O. The van der Waals surface area contributed by atoms with Crippen LogP contribution in [0.15, 0.2) is 0 Å². The number of hydrogen-bond acceptors (Lipinski definition) is 5. The Labute approximate surface area is 128 Å². The Morgan fingerprint density at radius 2 is 1.67 bits per heavy atom. The zero-order valence-electron chi connectivity index (χ0n) is 13.2. The van der Waals surface area contributed by atoms with Crippen LogP contribution in [0.25, 0.3) is 0 Å². The molecule has 0 fully saturated rings. The molecular formula is C14H28O6S. The molecule has 0 aromatic carbocycles. The second kappa shape index (κ2) is 11.0. The van der Waals surface area contributed by atoms with E-state index in [1.165, 1.54) is 0 Å². The van der Waals surface area contributed by atoms with Gasteiger partial charge in [0.15, 0.2) is 6.10 Å². The molecular weight excluding hydrogens is 296 g/mol. The molecule has 7 heteroatoms. The largest absolute Gasteiger partial charge is 0.463 e. The highest BCUT2D eigenvalue weighted by molar-refractivity contribution is 7.80. The van der Waals surface area contributed by atoms with E-state index in [9.17, 15) is 13.2 Å². The molecule has 0 aliphatic heterocycles. The molecule has 0 bridgehead atoms. The van der Waals surface area contributed by atoms with Crippen molar-refractivity contribution in [1.29, 1.82) is 0 Å². The third-order valence-corrected chi connectivity index (χ3v) is 3.80. The van der Waals surface area contributed by atoms with Crippen molar-refractivity contribution in [3.8, 4) is 0 Å². The van der Waals surface area contributed by atoms with Gasteiger partial charge in [-0.1, -0.05) is 52.9 Å². The fraction of sp³-hybridized carbons (Fsp3) is 0.929. The van der Waals surface area contributed by atoms with Crippen molar-refractivity contribution in [3.63, 3.8) is 0 Å². The Balaban J connectivity index is 4.44. The number of ether oxygens (including phenoxy) is 1. The zero-order valence-corrected chi connectivity index (χ0v) is 14.0. The summed E-state index contributed by atoms with van der Waals surface area (Å²) in [7, 11) is -4.66. The average Bonchev–Trinajstić information content (AvgIpc) is 2.42. The smallest absolute Gasteiger partial charge is 0.398 e. The molecule has 1 N–H and O–H groups in total. The number of carbonyl (C=O) groups excluding carboxylic acids is 1. The molecule has 2 unspecified atom stereocenters. The van der Waals surface area contributed by atoms with Gasteiger partial charge in [-0.25, -0.2) is 8.98 Å². The second-order valence-electron chi connectivity index (χ2n) is 5.20. The molecule has 0 amide bonds. The summed E-state index contributed by atoms with van der Waals surface area (Å²) in [6.45, 7) is 6.29. The van der Waals surface area contributed by atoms with Crippen LogP contribution in [-0.4, -0.2) is 31.7 Å². The summed E-state index contributed by atoms with van der Waals surface area (Å²) in [5, 5.41) is 0. The monoisotopic (exact) mass is 324 g/mol. The van der Waals surface area contributed by atoms with Crippen LogP contribution >= 0.6 is 0 Å². The Morgan fingerprint density at radius 3 is 2.14 bits per heavy atom. The van der Waals surface area contributed by atoms with E-state index in [4.69, 9.17) is 9.29 Å². The first kappa shape index (κ1) is 20.3. The standard InChI is InChI=1S/C14H28O6S/c1-4-7-9-12(6-3)11-19-14(15)13(10-8-5-2)20-21(16,17)18/h12-13H,4-11H2,1-3H3,(H,16,17,18). The quantitative estimate of drug-likeness (QED) is 0.438. The van der Waals surface area contributed by atoms with Gasteiger partial charge >= 0.3 is 16.4 Å². The van der Waals surface area contributed by atoms with Crippen LogP contribution in [0, 0.1) is 5.92 Å². The fourth-order valence-corrected chi connectivity index (χ4v) is 2.40. The molecule has 0 rings (SSSR count). The minimum absolute atomic E-state index is 0.209. The maximum absolute atomic E-state index is 11.9. The minimum Gasteiger partial charge on any atom is -0.463 e. The lowest BCUT2D eigenvalue weighted by Crippen LogP contribution is -2.30. The van der Waals surface area contributed by atoms with E-state index in [0.29, 0.717) is 6.42 Å². The van der Waals surface area contributed by atoms with Gasteiger partial charge in [-0.3, -0.25) is 4.55 Å². The molecule has 0 aliphatic rings.